The van der Waals surface area contributed by atoms with Gasteiger partial charge in [0, 0.05) is 26.7 Å². The van der Waals surface area contributed by atoms with E-state index >= 15 is 0 Å². The van der Waals surface area contributed by atoms with E-state index in [1.54, 1.807) is 31.3 Å². The summed E-state index contributed by atoms with van der Waals surface area (Å²) in [7, 11) is 1.64. The summed E-state index contributed by atoms with van der Waals surface area (Å²) in [6.45, 7) is 0.500. The molecule has 0 atom stereocenters. The highest BCUT2D eigenvalue weighted by molar-refractivity contribution is 6.05. The van der Waals surface area contributed by atoms with Gasteiger partial charge in [-0.25, -0.2) is 5.84 Å². The standard InChI is InChI=1S/C22H22N4O2.2H2/c1-24-21(26-23)17-7-9-18(10-8-17)22(27)25-19-11-13-20(14-12-19)28-15-16-5-3-2-4-6-16;;/h2-14H,15,23H2,1H3,(H,24,26)(H,25,27);2*1H. The monoisotopic (exact) mass is 378 g/mol. The van der Waals surface area contributed by atoms with Gasteiger partial charge in [0.05, 0.1) is 0 Å². The largest absolute Gasteiger partial charge is 0.489 e. The fourth-order valence-corrected chi connectivity index (χ4v) is 2.64. The van der Waals surface area contributed by atoms with E-state index in [2.05, 4.69) is 15.7 Å². The van der Waals surface area contributed by atoms with Gasteiger partial charge in [-0.15, -0.1) is 0 Å². The normalized spacial score (nSPS) is 11.0. The third-order valence-corrected chi connectivity index (χ3v) is 4.14. The van der Waals surface area contributed by atoms with Crippen LogP contribution in [0.5, 0.6) is 5.75 Å². The Labute approximate surface area is 167 Å². The molecule has 6 heteroatoms. The molecule has 3 aromatic carbocycles. The molecule has 0 aromatic heterocycles. The second-order valence-corrected chi connectivity index (χ2v) is 6.05. The fourth-order valence-electron chi connectivity index (χ4n) is 2.64. The summed E-state index contributed by atoms with van der Waals surface area (Å²) in [5.41, 5.74) is 5.67. The van der Waals surface area contributed by atoms with Crippen molar-refractivity contribution in [1.82, 2.24) is 5.43 Å². The fraction of sp³-hybridized carbons (Fsp3) is 0.0909. The van der Waals surface area contributed by atoms with E-state index in [4.69, 9.17) is 10.6 Å². The Morgan fingerprint density at radius 2 is 1.61 bits per heavy atom. The number of carbonyl (C=O) groups excluding carboxylic acids is 1. The van der Waals surface area contributed by atoms with Crippen molar-refractivity contribution in [1.29, 1.82) is 0 Å². The van der Waals surface area contributed by atoms with Crippen molar-refractivity contribution in [3.63, 3.8) is 0 Å². The van der Waals surface area contributed by atoms with Gasteiger partial charge in [0.2, 0.25) is 0 Å². The number of nitrogens with two attached hydrogens (primary N) is 1. The van der Waals surface area contributed by atoms with Gasteiger partial charge >= 0.3 is 0 Å². The molecular weight excluding hydrogens is 352 g/mol. The Bertz CT molecular complexity index is 947. The number of carbonyl (C=O) groups is 1. The lowest BCUT2D eigenvalue weighted by Gasteiger charge is -2.09. The molecule has 0 aliphatic heterocycles. The smallest absolute Gasteiger partial charge is 0.255 e. The van der Waals surface area contributed by atoms with Crippen LogP contribution in [0.2, 0.25) is 0 Å². The second kappa shape index (κ2) is 9.34. The number of aliphatic imine (C=N–C) groups is 1. The van der Waals surface area contributed by atoms with Crippen LogP contribution in [0.15, 0.2) is 83.9 Å². The number of hydrogen-bond acceptors (Lipinski definition) is 4. The molecule has 4 N–H and O–H groups in total. The van der Waals surface area contributed by atoms with Crippen LogP contribution in [0.25, 0.3) is 0 Å². The molecule has 6 nitrogen and oxygen atoms in total. The summed E-state index contributed by atoms with van der Waals surface area (Å²) < 4.78 is 5.75. The summed E-state index contributed by atoms with van der Waals surface area (Å²) in [5.74, 6) is 6.51. The summed E-state index contributed by atoms with van der Waals surface area (Å²) in [6, 6.07) is 24.3. The minimum absolute atomic E-state index is 0. The van der Waals surface area contributed by atoms with E-state index < -0.39 is 0 Å². The molecular formula is C22H26N4O2. The number of amides is 1. The van der Waals surface area contributed by atoms with E-state index in [1.807, 2.05) is 54.6 Å². The van der Waals surface area contributed by atoms with Crippen LogP contribution in [0.1, 0.15) is 24.3 Å². The Morgan fingerprint density at radius 3 is 2.21 bits per heavy atom. The lowest BCUT2D eigenvalue weighted by molar-refractivity contribution is 0.102. The van der Waals surface area contributed by atoms with Gasteiger partial charge in [0.1, 0.15) is 18.2 Å². The van der Waals surface area contributed by atoms with Gasteiger partial charge < -0.3 is 15.5 Å². The zero-order valence-electron chi connectivity index (χ0n) is 15.6. The van der Waals surface area contributed by atoms with Gasteiger partial charge in [-0.3, -0.25) is 9.79 Å². The topological polar surface area (TPSA) is 88.7 Å². The van der Waals surface area contributed by atoms with Crippen LogP contribution in [0.4, 0.5) is 5.69 Å². The van der Waals surface area contributed by atoms with E-state index in [9.17, 15) is 4.79 Å². The van der Waals surface area contributed by atoms with Crippen LogP contribution in [0, 0.1) is 0 Å². The molecule has 28 heavy (non-hydrogen) atoms. The third kappa shape index (κ3) is 4.96. The molecule has 0 saturated heterocycles. The molecule has 0 aliphatic carbocycles. The molecule has 0 fully saturated rings. The van der Waals surface area contributed by atoms with Crippen molar-refractivity contribution in [2.75, 3.05) is 12.4 Å². The predicted octanol–water partition coefficient (Wildman–Crippen LogP) is 3.85. The molecule has 0 spiro atoms. The molecule has 0 saturated carbocycles. The maximum absolute atomic E-state index is 12.4. The third-order valence-electron chi connectivity index (χ3n) is 4.14. The molecule has 0 radical (unpaired) electrons. The highest BCUT2D eigenvalue weighted by Crippen LogP contribution is 2.18. The minimum Gasteiger partial charge on any atom is -0.489 e. The SMILES string of the molecule is CN=C(NN)c1ccc(C(=O)Nc2ccc(OCc3ccccc3)cc2)cc1.[HH].[HH]. The van der Waals surface area contributed by atoms with E-state index in [1.165, 1.54) is 0 Å². The highest BCUT2D eigenvalue weighted by Gasteiger charge is 2.08. The minimum atomic E-state index is -0.194. The summed E-state index contributed by atoms with van der Waals surface area (Å²) in [5, 5.41) is 2.87. The number of hydrogen-bond donors (Lipinski definition) is 3. The molecule has 3 aromatic rings. The highest BCUT2D eigenvalue weighted by atomic mass is 16.5. The summed E-state index contributed by atoms with van der Waals surface area (Å²) in [6.07, 6.45) is 0. The Morgan fingerprint density at radius 1 is 0.964 bits per heavy atom. The van der Waals surface area contributed by atoms with Crippen LogP contribution in [-0.2, 0) is 6.61 Å². The first kappa shape index (κ1) is 19.1. The van der Waals surface area contributed by atoms with E-state index in [-0.39, 0.29) is 8.76 Å². The van der Waals surface area contributed by atoms with Crippen LogP contribution >= 0.6 is 0 Å². The first-order valence-electron chi connectivity index (χ1n) is 8.81. The lowest BCUT2D eigenvalue weighted by Crippen LogP contribution is -2.31. The molecule has 0 bridgehead atoms. The first-order valence-corrected chi connectivity index (χ1v) is 8.81. The average Bonchev–Trinajstić information content (AvgIpc) is 2.75. The molecule has 0 aliphatic rings. The zero-order valence-corrected chi connectivity index (χ0v) is 15.6. The Balaban J connectivity index is 0.00000225. The van der Waals surface area contributed by atoms with Crippen LogP contribution in [-0.4, -0.2) is 18.8 Å². The Hall–Kier alpha value is -3.64. The van der Waals surface area contributed by atoms with Crippen LogP contribution in [0.3, 0.4) is 0 Å². The van der Waals surface area contributed by atoms with Crippen molar-refractivity contribution in [3.05, 3.63) is 95.6 Å². The maximum Gasteiger partial charge on any atom is 0.255 e. The van der Waals surface area contributed by atoms with Crippen molar-refractivity contribution in [2.24, 2.45) is 10.8 Å². The zero-order chi connectivity index (χ0) is 19.8. The first-order chi connectivity index (χ1) is 13.7. The van der Waals surface area contributed by atoms with Gasteiger partial charge in [-0.05, 0) is 42.0 Å². The van der Waals surface area contributed by atoms with Gasteiger partial charge in [-0.2, -0.15) is 0 Å². The van der Waals surface area contributed by atoms with Gasteiger partial charge in [0.15, 0.2) is 0 Å². The second-order valence-electron chi connectivity index (χ2n) is 6.05. The molecule has 1 amide bonds. The average molecular weight is 378 g/mol. The van der Waals surface area contributed by atoms with Gasteiger partial charge in [0.25, 0.3) is 5.91 Å². The lowest BCUT2D eigenvalue weighted by atomic mass is 10.1. The molecule has 0 unspecified atom stereocenters. The van der Waals surface area contributed by atoms with E-state index in [0.29, 0.717) is 23.7 Å². The number of amidine groups is 1. The maximum atomic E-state index is 12.4. The van der Waals surface area contributed by atoms with Crippen LogP contribution < -0.4 is 21.3 Å². The summed E-state index contributed by atoms with van der Waals surface area (Å²) in [4.78, 5) is 16.4. The van der Waals surface area contributed by atoms with Crippen molar-refractivity contribution < 1.29 is 12.4 Å². The summed E-state index contributed by atoms with van der Waals surface area (Å²) >= 11 is 0. The van der Waals surface area contributed by atoms with Gasteiger partial charge in [-0.1, -0.05) is 42.5 Å². The number of ether oxygens (including phenoxy) is 1. The van der Waals surface area contributed by atoms with Crippen molar-refractivity contribution in [2.45, 2.75) is 6.61 Å². The van der Waals surface area contributed by atoms with E-state index in [0.717, 1.165) is 16.9 Å². The Kier molecular flexibility index (Phi) is 6.38. The molecule has 3 rings (SSSR count). The number of nitrogens with zero attached hydrogens (tertiary/aromatic N) is 1. The number of nitrogens with one attached hydrogen (secondary N) is 2. The quantitative estimate of drug-likeness (QED) is 0.263. The number of benzene rings is 3. The number of anilines is 1. The number of hydrazine groups is 1. The van der Waals surface area contributed by atoms with Crippen molar-refractivity contribution >= 4 is 17.4 Å². The molecule has 146 valence electrons. The van der Waals surface area contributed by atoms with Crippen molar-refractivity contribution in [3.8, 4) is 5.75 Å². The number of rotatable bonds is 6. The predicted molar refractivity (Wildman–Crippen MR) is 116 cm³/mol. The molecule has 0 heterocycles.